The summed E-state index contributed by atoms with van der Waals surface area (Å²) in [6.07, 6.45) is -0.387. The highest BCUT2D eigenvalue weighted by molar-refractivity contribution is 5.89. The second-order valence-electron chi connectivity index (χ2n) is 8.35. The highest BCUT2D eigenvalue weighted by atomic mass is 19.4. The van der Waals surface area contributed by atoms with Crippen molar-refractivity contribution >= 4 is 5.91 Å². The van der Waals surface area contributed by atoms with Crippen LogP contribution in [-0.2, 0) is 16.4 Å². The molecule has 1 saturated carbocycles. The Bertz CT molecular complexity index is 709. The molecule has 4 nitrogen and oxygen atoms in total. The van der Waals surface area contributed by atoms with Crippen molar-refractivity contribution in [2.45, 2.75) is 49.7 Å². The number of benzene rings is 1. The maximum Gasteiger partial charge on any atom is 0.416 e. The smallest absolute Gasteiger partial charge is 0.340 e. The minimum atomic E-state index is -4.39. The van der Waals surface area contributed by atoms with E-state index < -0.39 is 17.2 Å². The van der Waals surface area contributed by atoms with E-state index in [-0.39, 0.29) is 5.91 Å². The Labute approximate surface area is 164 Å². The Morgan fingerprint density at radius 1 is 1.11 bits per heavy atom. The SMILES string of the molecule is O=C(N1CCC(N2CCNCC2)C1)C1(c2cccc(C(F)(F)F)c2)CCCC1. The third-order valence-electron chi connectivity index (χ3n) is 6.73. The zero-order chi connectivity index (χ0) is 19.8. The number of halogens is 3. The Balaban J connectivity index is 1.55. The fourth-order valence-electron chi connectivity index (χ4n) is 5.17. The third-order valence-corrected chi connectivity index (χ3v) is 6.73. The minimum Gasteiger partial charge on any atom is -0.340 e. The van der Waals surface area contributed by atoms with Gasteiger partial charge in [0.05, 0.1) is 11.0 Å². The lowest BCUT2D eigenvalue weighted by molar-refractivity contribution is -0.139. The second kappa shape index (κ2) is 7.67. The molecule has 1 unspecified atom stereocenters. The van der Waals surface area contributed by atoms with E-state index in [9.17, 15) is 18.0 Å². The number of piperazine rings is 1. The molecule has 4 rings (SSSR count). The summed E-state index contributed by atoms with van der Waals surface area (Å²) in [6, 6.07) is 5.81. The summed E-state index contributed by atoms with van der Waals surface area (Å²) < 4.78 is 39.7. The van der Waals surface area contributed by atoms with Gasteiger partial charge < -0.3 is 10.2 Å². The molecular formula is C21H28F3N3O. The number of amides is 1. The summed E-state index contributed by atoms with van der Waals surface area (Å²) in [5, 5.41) is 3.35. The molecule has 7 heteroatoms. The van der Waals surface area contributed by atoms with Crippen LogP contribution in [0, 0.1) is 0 Å². The number of carbonyl (C=O) groups is 1. The van der Waals surface area contributed by atoms with Crippen molar-refractivity contribution in [3.05, 3.63) is 35.4 Å². The van der Waals surface area contributed by atoms with Gasteiger partial charge in [-0.15, -0.1) is 0 Å². The van der Waals surface area contributed by atoms with Crippen LogP contribution in [0.1, 0.15) is 43.2 Å². The first-order valence-electron chi connectivity index (χ1n) is 10.3. The van der Waals surface area contributed by atoms with Crippen molar-refractivity contribution in [2.24, 2.45) is 0 Å². The molecule has 0 radical (unpaired) electrons. The van der Waals surface area contributed by atoms with Crippen LogP contribution in [0.5, 0.6) is 0 Å². The molecule has 0 aromatic heterocycles. The van der Waals surface area contributed by atoms with Gasteiger partial charge in [0.2, 0.25) is 5.91 Å². The lowest BCUT2D eigenvalue weighted by Gasteiger charge is -2.35. The summed E-state index contributed by atoms with van der Waals surface area (Å²) in [5.74, 6) is 0.0296. The lowest BCUT2D eigenvalue weighted by Crippen LogP contribution is -2.50. The Kier molecular flexibility index (Phi) is 5.40. The topological polar surface area (TPSA) is 35.6 Å². The molecule has 3 fully saturated rings. The molecule has 1 amide bonds. The molecule has 0 spiro atoms. The first kappa shape index (κ1) is 19.7. The first-order chi connectivity index (χ1) is 13.4. The standard InChI is InChI=1S/C21H28F3N3O/c22-21(23,24)17-5-3-4-16(14-17)20(7-1-2-8-20)19(28)27-11-6-18(15-27)26-12-9-25-10-13-26/h3-5,14,18,25H,1-2,6-13,15H2. The maximum absolute atomic E-state index is 13.6. The summed E-state index contributed by atoms with van der Waals surface area (Å²) in [5.41, 5.74) is -0.917. The Hall–Kier alpha value is -1.60. The third kappa shape index (κ3) is 3.66. The molecule has 1 N–H and O–H groups in total. The van der Waals surface area contributed by atoms with E-state index >= 15 is 0 Å². The van der Waals surface area contributed by atoms with E-state index in [1.165, 1.54) is 12.1 Å². The van der Waals surface area contributed by atoms with Gasteiger partial charge in [0.15, 0.2) is 0 Å². The van der Waals surface area contributed by atoms with Gasteiger partial charge in [0.25, 0.3) is 0 Å². The molecule has 3 aliphatic rings. The van der Waals surface area contributed by atoms with E-state index in [1.807, 2.05) is 4.90 Å². The zero-order valence-electron chi connectivity index (χ0n) is 16.1. The monoisotopic (exact) mass is 395 g/mol. The Morgan fingerprint density at radius 3 is 2.50 bits per heavy atom. The van der Waals surface area contributed by atoms with Crippen molar-refractivity contribution in [1.29, 1.82) is 0 Å². The molecule has 1 atom stereocenters. The number of nitrogens with one attached hydrogen (secondary N) is 1. The molecule has 2 aliphatic heterocycles. The molecule has 2 saturated heterocycles. The van der Waals surface area contributed by atoms with Crippen molar-refractivity contribution in [3.63, 3.8) is 0 Å². The van der Waals surface area contributed by atoms with Crippen molar-refractivity contribution in [2.75, 3.05) is 39.3 Å². The van der Waals surface area contributed by atoms with E-state index in [0.717, 1.165) is 51.5 Å². The number of carbonyl (C=O) groups excluding carboxylic acids is 1. The average Bonchev–Trinajstić information content (AvgIpc) is 3.38. The van der Waals surface area contributed by atoms with Gasteiger partial charge in [-0.2, -0.15) is 13.2 Å². The predicted octanol–water partition coefficient (Wildman–Crippen LogP) is 3.02. The summed E-state index contributed by atoms with van der Waals surface area (Å²) in [7, 11) is 0. The maximum atomic E-state index is 13.6. The number of rotatable bonds is 3. The molecule has 28 heavy (non-hydrogen) atoms. The molecule has 1 aromatic rings. The zero-order valence-corrected chi connectivity index (χ0v) is 16.1. The minimum absolute atomic E-state index is 0.0296. The first-order valence-corrected chi connectivity index (χ1v) is 10.3. The van der Waals surface area contributed by atoms with Crippen LogP contribution in [0.25, 0.3) is 0 Å². The lowest BCUT2D eigenvalue weighted by atomic mass is 9.77. The molecule has 154 valence electrons. The van der Waals surface area contributed by atoms with E-state index in [0.29, 0.717) is 37.5 Å². The van der Waals surface area contributed by atoms with E-state index in [4.69, 9.17) is 0 Å². The van der Waals surface area contributed by atoms with Gasteiger partial charge in [-0.3, -0.25) is 9.69 Å². The van der Waals surface area contributed by atoms with Gasteiger partial charge >= 0.3 is 6.18 Å². The highest BCUT2D eigenvalue weighted by Gasteiger charge is 2.47. The fraction of sp³-hybridized carbons (Fsp3) is 0.667. The number of alkyl halides is 3. The van der Waals surface area contributed by atoms with Crippen molar-refractivity contribution in [1.82, 2.24) is 15.1 Å². The van der Waals surface area contributed by atoms with Gasteiger partial charge in [-0.25, -0.2) is 0 Å². The number of hydrogen-bond acceptors (Lipinski definition) is 3. The molecule has 2 heterocycles. The van der Waals surface area contributed by atoms with Crippen molar-refractivity contribution in [3.8, 4) is 0 Å². The van der Waals surface area contributed by atoms with Gasteiger partial charge in [0.1, 0.15) is 0 Å². The summed E-state index contributed by atoms with van der Waals surface area (Å²) >= 11 is 0. The van der Waals surface area contributed by atoms with Gasteiger partial charge in [-0.1, -0.05) is 31.0 Å². The van der Waals surface area contributed by atoms with Crippen LogP contribution in [0.15, 0.2) is 24.3 Å². The Morgan fingerprint density at radius 2 is 1.82 bits per heavy atom. The summed E-state index contributed by atoms with van der Waals surface area (Å²) in [6.45, 7) is 5.32. The predicted molar refractivity (Wildman–Crippen MR) is 101 cm³/mol. The highest BCUT2D eigenvalue weighted by Crippen LogP contribution is 2.44. The van der Waals surface area contributed by atoms with E-state index in [2.05, 4.69) is 10.2 Å². The van der Waals surface area contributed by atoms with Crippen LogP contribution in [-0.4, -0.2) is 61.0 Å². The fourth-order valence-corrected chi connectivity index (χ4v) is 5.17. The largest absolute Gasteiger partial charge is 0.416 e. The van der Waals surface area contributed by atoms with Crippen LogP contribution >= 0.6 is 0 Å². The van der Waals surface area contributed by atoms with Crippen LogP contribution in [0.2, 0.25) is 0 Å². The van der Waals surface area contributed by atoms with Crippen LogP contribution < -0.4 is 5.32 Å². The summed E-state index contributed by atoms with van der Waals surface area (Å²) in [4.78, 5) is 17.9. The van der Waals surface area contributed by atoms with E-state index in [1.54, 1.807) is 6.07 Å². The molecular weight excluding hydrogens is 367 g/mol. The molecule has 1 aliphatic carbocycles. The number of nitrogens with zero attached hydrogens (tertiary/aromatic N) is 2. The van der Waals surface area contributed by atoms with Crippen LogP contribution in [0.3, 0.4) is 0 Å². The average molecular weight is 395 g/mol. The number of likely N-dealkylation sites (tertiary alicyclic amines) is 1. The van der Waals surface area contributed by atoms with Crippen LogP contribution in [0.4, 0.5) is 13.2 Å². The normalized spacial score (nSPS) is 26.0. The molecule has 1 aromatic carbocycles. The number of hydrogen-bond donors (Lipinski definition) is 1. The van der Waals surface area contributed by atoms with Gasteiger partial charge in [-0.05, 0) is 30.9 Å². The quantitative estimate of drug-likeness (QED) is 0.855. The van der Waals surface area contributed by atoms with Crippen molar-refractivity contribution < 1.29 is 18.0 Å². The van der Waals surface area contributed by atoms with Gasteiger partial charge in [0, 0.05) is 45.3 Å². The molecule has 0 bridgehead atoms. The second-order valence-corrected chi connectivity index (χ2v) is 8.35.